The highest BCUT2D eigenvalue weighted by atomic mass is 32.2. The summed E-state index contributed by atoms with van der Waals surface area (Å²) >= 11 is 1.46. The maximum atomic E-state index is 13.3. The zero-order valence-corrected chi connectivity index (χ0v) is 19.9. The van der Waals surface area contributed by atoms with Crippen molar-refractivity contribution in [3.05, 3.63) is 42.5 Å². The maximum absolute atomic E-state index is 13.3. The minimum Gasteiger partial charge on any atom is -0.495 e. The van der Waals surface area contributed by atoms with Crippen molar-refractivity contribution in [1.29, 1.82) is 0 Å². The van der Waals surface area contributed by atoms with E-state index in [1.54, 1.807) is 39.2 Å². The van der Waals surface area contributed by atoms with Crippen LogP contribution in [0.1, 0.15) is 13.8 Å². The SMILES string of the molecule is COc1ccccc1N1CCN(S(=O)(=O)c2ccc(SC)c(NC(=O)C(C)C)c2)CC1. The molecule has 0 aliphatic carbocycles. The van der Waals surface area contributed by atoms with Gasteiger partial charge in [-0.3, -0.25) is 4.79 Å². The minimum atomic E-state index is -3.67. The van der Waals surface area contributed by atoms with Crippen LogP contribution >= 0.6 is 11.8 Å². The van der Waals surface area contributed by atoms with Crippen molar-refractivity contribution in [2.24, 2.45) is 5.92 Å². The number of ether oxygens (including phenoxy) is 1. The number of methoxy groups -OCH3 is 1. The Morgan fingerprint density at radius 1 is 1.10 bits per heavy atom. The zero-order valence-electron chi connectivity index (χ0n) is 18.3. The largest absolute Gasteiger partial charge is 0.495 e. The van der Waals surface area contributed by atoms with Gasteiger partial charge in [0.25, 0.3) is 0 Å². The molecule has 0 bridgehead atoms. The van der Waals surface area contributed by atoms with Crippen LogP contribution in [0.15, 0.2) is 52.3 Å². The van der Waals surface area contributed by atoms with E-state index >= 15 is 0 Å². The van der Waals surface area contributed by atoms with E-state index in [-0.39, 0.29) is 16.7 Å². The summed E-state index contributed by atoms with van der Waals surface area (Å²) in [6, 6.07) is 12.7. The number of hydrogen-bond acceptors (Lipinski definition) is 6. The van der Waals surface area contributed by atoms with E-state index in [9.17, 15) is 13.2 Å². The van der Waals surface area contributed by atoms with Crippen molar-refractivity contribution in [2.75, 3.05) is 49.8 Å². The quantitative estimate of drug-likeness (QED) is 0.633. The summed E-state index contributed by atoms with van der Waals surface area (Å²) in [5.41, 5.74) is 1.49. The predicted molar refractivity (Wildman–Crippen MR) is 126 cm³/mol. The molecule has 0 aromatic heterocycles. The first-order chi connectivity index (χ1) is 14.8. The summed E-state index contributed by atoms with van der Waals surface area (Å²) in [6.07, 6.45) is 1.89. The molecule has 0 spiro atoms. The molecule has 0 unspecified atom stereocenters. The van der Waals surface area contributed by atoms with Crippen molar-refractivity contribution < 1.29 is 17.9 Å². The molecule has 1 aliphatic heterocycles. The normalized spacial score (nSPS) is 15.2. The number of anilines is 2. The molecule has 1 heterocycles. The smallest absolute Gasteiger partial charge is 0.243 e. The highest BCUT2D eigenvalue weighted by Gasteiger charge is 2.30. The highest BCUT2D eigenvalue weighted by Crippen LogP contribution is 2.32. The Bertz CT molecular complexity index is 1030. The minimum absolute atomic E-state index is 0.143. The van der Waals surface area contributed by atoms with Crippen LogP contribution in [0.5, 0.6) is 5.75 Å². The van der Waals surface area contributed by atoms with Crippen LogP contribution in [0.4, 0.5) is 11.4 Å². The van der Waals surface area contributed by atoms with Gasteiger partial charge in [0.2, 0.25) is 15.9 Å². The van der Waals surface area contributed by atoms with Crippen LogP contribution in [0.2, 0.25) is 0 Å². The Hall–Kier alpha value is -2.23. The lowest BCUT2D eigenvalue weighted by Gasteiger charge is -2.36. The number of nitrogens with zero attached hydrogens (tertiary/aromatic N) is 2. The van der Waals surface area contributed by atoms with E-state index in [4.69, 9.17) is 4.74 Å². The van der Waals surface area contributed by atoms with Crippen LogP contribution in [0.25, 0.3) is 0 Å². The summed E-state index contributed by atoms with van der Waals surface area (Å²) in [7, 11) is -2.04. The van der Waals surface area contributed by atoms with Crippen LogP contribution in [0, 0.1) is 5.92 Å². The van der Waals surface area contributed by atoms with Crippen molar-refractivity contribution in [1.82, 2.24) is 4.31 Å². The number of thioether (sulfide) groups is 1. The molecule has 7 nitrogen and oxygen atoms in total. The standard InChI is InChI=1S/C22H29N3O4S2/c1-16(2)22(26)23-18-15-17(9-10-21(18)30-4)31(27,28)25-13-11-24(12-14-25)19-7-5-6-8-20(19)29-3/h5-10,15-16H,11-14H2,1-4H3,(H,23,26). The van der Waals surface area contributed by atoms with E-state index in [2.05, 4.69) is 10.2 Å². The third-order valence-electron chi connectivity index (χ3n) is 5.26. The zero-order chi connectivity index (χ0) is 22.6. The van der Waals surface area contributed by atoms with Gasteiger partial charge < -0.3 is 15.0 Å². The third-order valence-corrected chi connectivity index (χ3v) is 7.95. The Morgan fingerprint density at radius 2 is 1.77 bits per heavy atom. The molecule has 1 saturated heterocycles. The molecule has 0 atom stereocenters. The van der Waals surface area contributed by atoms with E-state index in [0.29, 0.717) is 31.9 Å². The van der Waals surface area contributed by atoms with E-state index < -0.39 is 10.0 Å². The molecule has 1 aliphatic rings. The predicted octanol–water partition coefficient (Wildman–Crippen LogP) is 3.52. The monoisotopic (exact) mass is 463 g/mol. The van der Waals surface area contributed by atoms with Gasteiger partial charge in [-0.15, -0.1) is 11.8 Å². The number of rotatable bonds is 7. The first kappa shape index (κ1) is 23.4. The maximum Gasteiger partial charge on any atom is 0.243 e. The Morgan fingerprint density at radius 3 is 2.39 bits per heavy atom. The molecular weight excluding hydrogens is 434 g/mol. The first-order valence-corrected chi connectivity index (χ1v) is 12.8. The number of para-hydroxylation sites is 2. The fourth-order valence-electron chi connectivity index (χ4n) is 3.43. The van der Waals surface area contributed by atoms with Gasteiger partial charge in [-0.2, -0.15) is 4.31 Å². The summed E-state index contributed by atoms with van der Waals surface area (Å²) < 4.78 is 33.5. The third kappa shape index (κ3) is 5.16. The molecule has 2 aromatic rings. The Kier molecular flexibility index (Phi) is 7.51. The van der Waals surface area contributed by atoms with Gasteiger partial charge in [-0.25, -0.2) is 8.42 Å². The highest BCUT2D eigenvalue weighted by molar-refractivity contribution is 7.98. The van der Waals surface area contributed by atoms with E-state index in [0.717, 1.165) is 16.3 Å². The number of carbonyl (C=O) groups is 1. The van der Waals surface area contributed by atoms with Crippen molar-refractivity contribution in [3.63, 3.8) is 0 Å². The molecule has 9 heteroatoms. The summed E-state index contributed by atoms with van der Waals surface area (Å²) in [6.45, 7) is 5.49. The van der Waals surface area contributed by atoms with Crippen LogP contribution in [0.3, 0.4) is 0 Å². The Balaban J connectivity index is 1.79. The molecule has 1 N–H and O–H groups in total. The number of hydrogen-bond donors (Lipinski definition) is 1. The van der Waals surface area contributed by atoms with Crippen molar-refractivity contribution >= 4 is 39.1 Å². The molecule has 0 radical (unpaired) electrons. The lowest BCUT2D eigenvalue weighted by molar-refractivity contribution is -0.118. The Labute approximate surface area is 188 Å². The fourth-order valence-corrected chi connectivity index (χ4v) is 5.41. The van der Waals surface area contributed by atoms with Gasteiger partial charge in [0.15, 0.2) is 0 Å². The van der Waals surface area contributed by atoms with Gasteiger partial charge in [0, 0.05) is 37.0 Å². The van der Waals surface area contributed by atoms with Gasteiger partial charge in [-0.1, -0.05) is 26.0 Å². The van der Waals surface area contributed by atoms with Crippen LogP contribution in [-0.4, -0.2) is 58.2 Å². The van der Waals surface area contributed by atoms with Crippen molar-refractivity contribution in [3.8, 4) is 5.75 Å². The van der Waals surface area contributed by atoms with Gasteiger partial charge in [-0.05, 0) is 36.6 Å². The average Bonchev–Trinajstić information content (AvgIpc) is 2.79. The number of carbonyl (C=O) groups excluding carboxylic acids is 1. The summed E-state index contributed by atoms with van der Waals surface area (Å²) in [5, 5.41) is 2.85. The first-order valence-electron chi connectivity index (χ1n) is 10.1. The molecular formula is C22H29N3O4S2. The molecule has 3 rings (SSSR count). The van der Waals surface area contributed by atoms with E-state index in [1.165, 1.54) is 16.1 Å². The lowest BCUT2D eigenvalue weighted by atomic mass is 10.2. The molecule has 168 valence electrons. The topological polar surface area (TPSA) is 79.0 Å². The van der Waals surface area contributed by atoms with Gasteiger partial charge >= 0.3 is 0 Å². The fraction of sp³-hybridized carbons (Fsp3) is 0.409. The molecule has 1 fully saturated rings. The average molecular weight is 464 g/mol. The number of benzene rings is 2. The van der Waals surface area contributed by atoms with E-state index in [1.807, 2.05) is 30.5 Å². The number of amides is 1. The van der Waals surface area contributed by atoms with Crippen LogP contribution in [-0.2, 0) is 14.8 Å². The second-order valence-electron chi connectivity index (χ2n) is 7.57. The van der Waals surface area contributed by atoms with Gasteiger partial charge in [0.1, 0.15) is 5.75 Å². The molecule has 31 heavy (non-hydrogen) atoms. The van der Waals surface area contributed by atoms with Crippen LogP contribution < -0.4 is 15.0 Å². The number of sulfonamides is 1. The molecule has 2 aromatic carbocycles. The van der Waals surface area contributed by atoms with Crippen molar-refractivity contribution in [2.45, 2.75) is 23.6 Å². The number of nitrogens with one attached hydrogen (secondary N) is 1. The molecule has 0 saturated carbocycles. The lowest BCUT2D eigenvalue weighted by Crippen LogP contribution is -2.48. The molecule has 1 amide bonds. The van der Waals surface area contributed by atoms with Gasteiger partial charge in [0.05, 0.1) is 23.4 Å². The number of piperazine rings is 1. The second-order valence-corrected chi connectivity index (χ2v) is 10.4. The second kappa shape index (κ2) is 9.93. The summed E-state index contributed by atoms with van der Waals surface area (Å²) in [5.74, 6) is 0.435. The summed E-state index contributed by atoms with van der Waals surface area (Å²) in [4.78, 5) is 15.3.